The van der Waals surface area contributed by atoms with Crippen molar-refractivity contribution in [2.24, 2.45) is 4.99 Å². The molecule has 6 heavy (non-hydrogen) atoms. The predicted molar refractivity (Wildman–Crippen MR) is 28.5 cm³/mol. The molecule has 0 aromatic heterocycles. The van der Waals surface area contributed by atoms with E-state index < -0.39 is 0 Å². The van der Waals surface area contributed by atoms with Crippen LogP contribution in [-0.2, 0) is 4.79 Å². The number of aliphatic imine (C=N–C) groups is 1. The standard InChI is InChI=1S/C2H3NO.2ClH/c1-3-2-4;;/h1H3;2*1H. The molecule has 0 aliphatic rings. The zero-order valence-electron chi connectivity index (χ0n) is 3.17. The quantitative estimate of drug-likeness (QED) is 0.352. The van der Waals surface area contributed by atoms with Crippen LogP contribution in [0.2, 0.25) is 0 Å². The molecule has 0 atom stereocenters. The molecule has 4 heteroatoms. The van der Waals surface area contributed by atoms with E-state index in [0.717, 1.165) is 0 Å². The van der Waals surface area contributed by atoms with E-state index in [0.29, 0.717) is 0 Å². The summed E-state index contributed by atoms with van der Waals surface area (Å²) < 4.78 is 0. The van der Waals surface area contributed by atoms with Gasteiger partial charge in [0.2, 0.25) is 6.08 Å². The van der Waals surface area contributed by atoms with Gasteiger partial charge in [-0.15, -0.1) is 24.8 Å². The molecule has 0 saturated carbocycles. The SMILES string of the molecule is CN=C=O.Cl.Cl. The van der Waals surface area contributed by atoms with Crippen molar-refractivity contribution in [3.8, 4) is 0 Å². The smallest absolute Gasteiger partial charge is 0.211 e. The maximum absolute atomic E-state index is 8.88. The average Bonchev–Trinajstić information content (AvgIpc) is 1.37. The Labute approximate surface area is 48.5 Å². The van der Waals surface area contributed by atoms with Gasteiger partial charge in [0.1, 0.15) is 0 Å². The zero-order valence-corrected chi connectivity index (χ0v) is 4.80. The van der Waals surface area contributed by atoms with Gasteiger partial charge in [0, 0.05) is 7.05 Å². The van der Waals surface area contributed by atoms with Crippen LogP contribution >= 0.6 is 24.8 Å². The fourth-order valence-electron chi connectivity index (χ4n) is 0. The Morgan fingerprint density at radius 2 is 1.67 bits per heavy atom. The van der Waals surface area contributed by atoms with Crippen molar-refractivity contribution in [3.63, 3.8) is 0 Å². The first-order valence-electron chi connectivity index (χ1n) is 0.875. The van der Waals surface area contributed by atoms with Crippen LogP contribution in [0.4, 0.5) is 0 Å². The number of hydrogen-bond acceptors (Lipinski definition) is 2. The van der Waals surface area contributed by atoms with Crippen LogP contribution < -0.4 is 0 Å². The van der Waals surface area contributed by atoms with Gasteiger partial charge in [-0.25, -0.2) is 9.79 Å². The van der Waals surface area contributed by atoms with Gasteiger partial charge < -0.3 is 0 Å². The summed E-state index contributed by atoms with van der Waals surface area (Å²) in [5.41, 5.74) is 0. The van der Waals surface area contributed by atoms with E-state index in [1.807, 2.05) is 0 Å². The number of carbonyl (C=O) groups excluding carboxylic acids is 1. The molecule has 0 amide bonds. The number of rotatable bonds is 0. The van der Waals surface area contributed by atoms with Crippen LogP contribution in [0.25, 0.3) is 0 Å². The number of halogens is 2. The molecule has 0 aromatic rings. The van der Waals surface area contributed by atoms with Crippen LogP contribution in [0.5, 0.6) is 0 Å². The summed E-state index contributed by atoms with van der Waals surface area (Å²) in [7, 11) is 1.38. The first-order chi connectivity index (χ1) is 1.91. The first kappa shape index (κ1) is 16.7. The van der Waals surface area contributed by atoms with Gasteiger partial charge >= 0.3 is 0 Å². The summed E-state index contributed by atoms with van der Waals surface area (Å²) in [6, 6.07) is 0. The highest BCUT2D eigenvalue weighted by Gasteiger charge is 1.29. The fraction of sp³-hybridized carbons (Fsp3) is 0.500. The number of nitrogens with zero attached hydrogens (tertiary/aromatic N) is 1. The minimum absolute atomic E-state index is 0. The van der Waals surface area contributed by atoms with Gasteiger partial charge in [-0.3, -0.25) is 0 Å². The highest BCUT2D eigenvalue weighted by molar-refractivity contribution is 5.85. The van der Waals surface area contributed by atoms with Crippen molar-refractivity contribution < 1.29 is 4.79 Å². The molecule has 0 fully saturated rings. The van der Waals surface area contributed by atoms with E-state index in [2.05, 4.69) is 4.99 Å². The molecule has 38 valence electrons. The zero-order chi connectivity index (χ0) is 3.41. The highest BCUT2D eigenvalue weighted by Crippen LogP contribution is 1.28. The summed E-state index contributed by atoms with van der Waals surface area (Å²) >= 11 is 0. The second kappa shape index (κ2) is 20.2. The number of hydrogen-bond donors (Lipinski definition) is 0. The molecular formula is C2H5Cl2NO. The maximum atomic E-state index is 8.88. The van der Waals surface area contributed by atoms with Crippen molar-refractivity contribution in [1.29, 1.82) is 0 Å². The monoisotopic (exact) mass is 129 g/mol. The third-order valence-corrected chi connectivity index (χ3v) is 0.0913. The van der Waals surface area contributed by atoms with E-state index >= 15 is 0 Å². The average molecular weight is 130 g/mol. The molecule has 0 aliphatic carbocycles. The van der Waals surface area contributed by atoms with Crippen molar-refractivity contribution >= 4 is 30.9 Å². The second-order valence-corrected chi connectivity index (χ2v) is 0.315. The van der Waals surface area contributed by atoms with Gasteiger partial charge in [0.25, 0.3) is 0 Å². The molecule has 0 spiro atoms. The molecule has 0 bridgehead atoms. The maximum Gasteiger partial charge on any atom is 0.234 e. The normalized spacial score (nSPS) is 2.83. The highest BCUT2D eigenvalue weighted by atomic mass is 35.5. The van der Waals surface area contributed by atoms with Crippen molar-refractivity contribution in [3.05, 3.63) is 0 Å². The second-order valence-electron chi connectivity index (χ2n) is 0.315. The van der Waals surface area contributed by atoms with Gasteiger partial charge in [-0.05, 0) is 0 Å². The molecule has 0 rings (SSSR count). The molecule has 2 nitrogen and oxygen atoms in total. The summed E-state index contributed by atoms with van der Waals surface area (Å²) in [5, 5.41) is 0. The van der Waals surface area contributed by atoms with Gasteiger partial charge in [0.05, 0.1) is 0 Å². The Kier molecular flexibility index (Phi) is 56.5. The van der Waals surface area contributed by atoms with Gasteiger partial charge in [0.15, 0.2) is 0 Å². The van der Waals surface area contributed by atoms with E-state index in [1.165, 1.54) is 13.1 Å². The minimum Gasteiger partial charge on any atom is -0.211 e. The first-order valence-corrected chi connectivity index (χ1v) is 0.875. The van der Waals surface area contributed by atoms with Crippen molar-refractivity contribution in [1.82, 2.24) is 0 Å². The van der Waals surface area contributed by atoms with E-state index in [1.54, 1.807) is 0 Å². The van der Waals surface area contributed by atoms with Gasteiger partial charge in [-0.1, -0.05) is 0 Å². The molecule has 0 aliphatic heterocycles. The van der Waals surface area contributed by atoms with Crippen LogP contribution in [0.1, 0.15) is 0 Å². The van der Waals surface area contributed by atoms with Crippen LogP contribution in [-0.4, -0.2) is 13.1 Å². The van der Waals surface area contributed by atoms with E-state index in [4.69, 9.17) is 4.79 Å². The lowest BCUT2D eigenvalue weighted by atomic mass is 11.4. The summed E-state index contributed by atoms with van der Waals surface area (Å²) in [5.74, 6) is 0. The number of isocyanates is 1. The van der Waals surface area contributed by atoms with E-state index in [-0.39, 0.29) is 24.8 Å². The molecular weight excluding hydrogens is 125 g/mol. The summed E-state index contributed by atoms with van der Waals surface area (Å²) in [6.45, 7) is 0. The molecule has 0 aromatic carbocycles. The van der Waals surface area contributed by atoms with Crippen LogP contribution in [0.3, 0.4) is 0 Å². The summed E-state index contributed by atoms with van der Waals surface area (Å²) in [4.78, 5) is 11.8. The largest absolute Gasteiger partial charge is 0.234 e. The predicted octanol–water partition coefficient (Wildman–Crippen LogP) is 0.796. The van der Waals surface area contributed by atoms with Crippen molar-refractivity contribution in [2.45, 2.75) is 0 Å². The van der Waals surface area contributed by atoms with Crippen molar-refractivity contribution in [2.75, 3.05) is 7.05 Å². The van der Waals surface area contributed by atoms with E-state index in [9.17, 15) is 0 Å². The molecule has 0 unspecified atom stereocenters. The van der Waals surface area contributed by atoms with Crippen LogP contribution in [0.15, 0.2) is 4.99 Å². The third kappa shape index (κ3) is 37.6. The van der Waals surface area contributed by atoms with Gasteiger partial charge in [-0.2, -0.15) is 0 Å². The Balaban J connectivity index is -0.0000000450. The fourth-order valence-corrected chi connectivity index (χ4v) is 0. The Morgan fingerprint density at radius 1 is 1.50 bits per heavy atom. The molecule has 0 N–H and O–H groups in total. The lowest BCUT2D eigenvalue weighted by Gasteiger charge is -1.36. The Bertz CT molecular complexity index is 49.5. The molecule has 0 heterocycles. The lowest BCUT2D eigenvalue weighted by Crippen LogP contribution is -1.38. The lowest BCUT2D eigenvalue weighted by molar-refractivity contribution is 0.564. The molecule has 0 radical (unpaired) electrons. The Hall–Kier alpha value is -0.0400. The third-order valence-electron chi connectivity index (χ3n) is 0.0913. The minimum atomic E-state index is 0. The molecule has 0 saturated heterocycles. The Morgan fingerprint density at radius 3 is 1.67 bits per heavy atom. The topological polar surface area (TPSA) is 29.4 Å². The van der Waals surface area contributed by atoms with Crippen LogP contribution in [0, 0.1) is 0 Å². The summed E-state index contributed by atoms with van der Waals surface area (Å²) in [6.07, 6.45) is 1.31.